The maximum absolute atomic E-state index is 12.3. The number of pyridine rings is 1. The molecule has 3 N–H and O–H groups in total. The standard InChI is InChI=1S/C13H11F3N2O2/c14-13(15,16)20-11-4-2-1-3-9(11)12-10(17)5-8(7-19)6-18-12/h1-6,19H,7,17H2. The van der Waals surface area contributed by atoms with Crippen molar-refractivity contribution in [2.45, 2.75) is 13.0 Å². The molecule has 0 radical (unpaired) electrons. The Morgan fingerprint density at radius 1 is 1.25 bits per heavy atom. The number of aliphatic hydroxyl groups is 1. The first-order chi connectivity index (χ1) is 9.40. The molecule has 2 rings (SSSR count). The van der Waals surface area contributed by atoms with Crippen molar-refractivity contribution in [1.29, 1.82) is 0 Å². The first-order valence-electron chi connectivity index (χ1n) is 5.61. The maximum Gasteiger partial charge on any atom is 0.573 e. The summed E-state index contributed by atoms with van der Waals surface area (Å²) in [5.74, 6) is -0.379. The van der Waals surface area contributed by atoms with Crippen LogP contribution in [0.4, 0.5) is 18.9 Å². The van der Waals surface area contributed by atoms with E-state index in [0.717, 1.165) is 0 Å². The topological polar surface area (TPSA) is 68.4 Å². The first-order valence-corrected chi connectivity index (χ1v) is 5.61. The Bertz CT molecular complexity index is 615. The van der Waals surface area contributed by atoms with Gasteiger partial charge in [-0.3, -0.25) is 4.98 Å². The number of hydrogen-bond acceptors (Lipinski definition) is 4. The van der Waals surface area contributed by atoms with Gasteiger partial charge < -0.3 is 15.6 Å². The minimum absolute atomic E-state index is 0.131. The summed E-state index contributed by atoms with van der Waals surface area (Å²) in [7, 11) is 0. The number of benzene rings is 1. The summed E-state index contributed by atoms with van der Waals surface area (Å²) in [5, 5.41) is 8.96. The van der Waals surface area contributed by atoms with Gasteiger partial charge in [-0.25, -0.2) is 0 Å². The van der Waals surface area contributed by atoms with E-state index in [1.165, 1.54) is 30.5 Å². The fourth-order valence-corrected chi connectivity index (χ4v) is 1.71. The first kappa shape index (κ1) is 14.1. The van der Waals surface area contributed by atoms with Gasteiger partial charge >= 0.3 is 6.36 Å². The molecule has 2 aromatic rings. The van der Waals surface area contributed by atoms with E-state index in [9.17, 15) is 13.2 Å². The summed E-state index contributed by atoms with van der Waals surface area (Å²) in [6.45, 7) is -0.252. The molecular formula is C13H11F3N2O2. The number of anilines is 1. The minimum Gasteiger partial charge on any atom is -0.405 e. The monoisotopic (exact) mass is 284 g/mol. The molecule has 1 heterocycles. The molecule has 7 heteroatoms. The lowest BCUT2D eigenvalue weighted by molar-refractivity contribution is -0.274. The molecule has 0 atom stereocenters. The molecule has 20 heavy (non-hydrogen) atoms. The molecule has 1 aromatic carbocycles. The molecule has 0 saturated heterocycles. The number of ether oxygens (including phenoxy) is 1. The molecule has 106 valence electrons. The Labute approximate surface area is 112 Å². The van der Waals surface area contributed by atoms with Crippen molar-refractivity contribution in [2.75, 3.05) is 5.73 Å². The average Bonchev–Trinajstić information content (AvgIpc) is 2.38. The van der Waals surface area contributed by atoms with Crippen molar-refractivity contribution < 1.29 is 23.0 Å². The van der Waals surface area contributed by atoms with E-state index in [4.69, 9.17) is 10.8 Å². The van der Waals surface area contributed by atoms with E-state index in [2.05, 4.69) is 9.72 Å². The second kappa shape index (κ2) is 5.38. The highest BCUT2D eigenvalue weighted by molar-refractivity contribution is 5.77. The Balaban J connectivity index is 2.47. The minimum atomic E-state index is -4.80. The Kier molecular flexibility index (Phi) is 3.80. The quantitative estimate of drug-likeness (QED) is 0.909. The molecule has 4 nitrogen and oxygen atoms in total. The highest BCUT2D eigenvalue weighted by Crippen LogP contribution is 2.35. The lowest BCUT2D eigenvalue weighted by atomic mass is 10.1. The van der Waals surface area contributed by atoms with Crippen LogP contribution in [-0.4, -0.2) is 16.5 Å². The fraction of sp³-hybridized carbons (Fsp3) is 0.154. The third-order valence-corrected chi connectivity index (χ3v) is 2.52. The molecular weight excluding hydrogens is 273 g/mol. The predicted octanol–water partition coefficient (Wildman–Crippen LogP) is 2.72. The molecule has 0 spiro atoms. The van der Waals surface area contributed by atoms with Gasteiger partial charge in [0.15, 0.2) is 0 Å². The van der Waals surface area contributed by atoms with Crippen molar-refractivity contribution in [3.63, 3.8) is 0 Å². The number of alkyl halides is 3. The molecule has 0 aliphatic carbocycles. The summed E-state index contributed by atoms with van der Waals surface area (Å²) in [6, 6.07) is 7.04. The zero-order chi connectivity index (χ0) is 14.8. The van der Waals surface area contributed by atoms with Crippen LogP contribution in [0.25, 0.3) is 11.3 Å². The molecule has 0 fully saturated rings. The van der Waals surface area contributed by atoms with Crippen molar-refractivity contribution in [2.24, 2.45) is 0 Å². The molecule has 0 unspecified atom stereocenters. The third kappa shape index (κ3) is 3.18. The number of halogens is 3. The van der Waals surface area contributed by atoms with E-state index < -0.39 is 6.36 Å². The highest BCUT2D eigenvalue weighted by atomic mass is 19.4. The van der Waals surface area contributed by atoms with Crippen LogP contribution in [0.2, 0.25) is 0 Å². The normalized spacial score (nSPS) is 11.4. The van der Waals surface area contributed by atoms with Crippen LogP contribution in [0, 0.1) is 0 Å². The SMILES string of the molecule is Nc1cc(CO)cnc1-c1ccccc1OC(F)(F)F. The molecule has 0 bridgehead atoms. The average molecular weight is 284 g/mol. The van der Waals surface area contributed by atoms with Crippen molar-refractivity contribution in [3.05, 3.63) is 42.1 Å². The van der Waals surface area contributed by atoms with Crippen LogP contribution < -0.4 is 10.5 Å². The summed E-state index contributed by atoms with van der Waals surface area (Å²) in [5.41, 5.74) is 6.69. The summed E-state index contributed by atoms with van der Waals surface area (Å²) >= 11 is 0. The summed E-state index contributed by atoms with van der Waals surface area (Å²) in [4.78, 5) is 3.98. The van der Waals surface area contributed by atoms with Crippen LogP contribution in [0.5, 0.6) is 5.75 Å². The number of aliphatic hydroxyl groups excluding tert-OH is 1. The number of nitrogens with zero attached hydrogens (tertiary/aromatic N) is 1. The van der Waals surface area contributed by atoms with Gasteiger partial charge in [0.25, 0.3) is 0 Å². The van der Waals surface area contributed by atoms with Crippen molar-refractivity contribution in [3.8, 4) is 17.0 Å². The smallest absolute Gasteiger partial charge is 0.405 e. The van der Waals surface area contributed by atoms with Gasteiger partial charge in [-0.1, -0.05) is 12.1 Å². The number of rotatable bonds is 3. The van der Waals surface area contributed by atoms with Crippen molar-refractivity contribution in [1.82, 2.24) is 4.98 Å². The van der Waals surface area contributed by atoms with E-state index in [0.29, 0.717) is 5.56 Å². The summed E-state index contributed by atoms with van der Waals surface area (Å²) in [6.07, 6.45) is -3.45. The van der Waals surface area contributed by atoms with E-state index in [-0.39, 0.29) is 29.3 Å². The Morgan fingerprint density at radius 3 is 2.55 bits per heavy atom. The largest absolute Gasteiger partial charge is 0.573 e. The van der Waals surface area contributed by atoms with Gasteiger partial charge in [0.2, 0.25) is 0 Å². The van der Waals surface area contributed by atoms with Gasteiger partial charge in [0.05, 0.1) is 18.0 Å². The zero-order valence-electron chi connectivity index (χ0n) is 10.2. The Morgan fingerprint density at radius 2 is 1.95 bits per heavy atom. The molecule has 0 amide bonds. The van der Waals surface area contributed by atoms with Gasteiger partial charge in [0, 0.05) is 11.8 Å². The van der Waals surface area contributed by atoms with E-state index in [1.54, 1.807) is 6.07 Å². The maximum atomic E-state index is 12.3. The van der Waals surface area contributed by atoms with Gasteiger partial charge in [-0.2, -0.15) is 0 Å². The van der Waals surface area contributed by atoms with E-state index in [1.807, 2.05) is 0 Å². The van der Waals surface area contributed by atoms with Gasteiger partial charge in [0.1, 0.15) is 5.75 Å². The molecule has 1 aromatic heterocycles. The van der Waals surface area contributed by atoms with Crippen LogP contribution in [0.15, 0.2) is 36.5 Å². The summed E-state index contributed by atoms with van der Waals surface area (Å²) < 4.78 is 41.0. The second-order valence-electron chi connectivity index (χ2n) is 3.98. The lowest BCUT2D eigenvalue weighted by Gasteiger charge is -2.14. The van der Waals surface area contributed by atoms with Gasteiger partial charge in [-0.15, -0.1) is 13.2 Å². The third-order valence-electron chi connectivity index (χ3n) is 2.52. The zero-order valence-corrected chi connectivity index (χ0v) is 10.2. The number of nitrogen functional groups attached to an aromatic ring is 1. The number of para-hydroxylation sites is 1. The number of aromatic nitrogens is 1. The van der Waals surface area contributed by atoms with Gasteiger partial charge in [-0.05, 0) is 23.8 Å². The second-order valence-corrected chi connectivity index (χ2v) is 3.98. The molecule has 0 aliphatic heterocycles. The van der Waals surface area contributed by atoms with E-state index >= 15 is 0 Å². The van der Waals surface area contributed by atoms with Crippen LogP contribution in [0.1, 0.15) is 5.56 Å². The Hall–Kier alpha value is -2.28. The van der Waals surface area contributed by atoms with Crippen LogP contribution in [0.3, 0.4) is 0 Å². The highest BCUT2D eigenvalue weighted by Gasteiger charge is 2.32. The molecule has 0 aliphatic rings. The molecule has 0 saturated carbocycles. The number of nitrogens with two attached hydrogens (primary N) is 1. The van der Waals surface area contributed by atoms with Crippen LogP contribution in [-0.2, 0) is 6.61 Å². The van der Waals surface area contributed by atoms with Crippen molar-refractivity contribution >= 4 is 5.69 Å². The van der Waals surface area contributed by atoms with Crippen LogP contribution >= 0.6 is 0 Å². The number of hydrogen-bond donors (Lipinski definition) is 2. The fourth-order valence-electron chi connectivity index (χ4n) is 1.71. The predicted molar refractivity (Wildman–Crippen MR) is 66.7 cm³/mol. The lowest BCUT2D eigenvalue weighted by Crippen LogP contribution is -2.17.